The van der Waals surface area contributed by atoms with Crippen LogP contribution in [0.4, 0.5) is 21.5 Å². The number of nitrogens with zero attached hydrogens (tertiary/aromatic N) is 1. The molecule has 0 spiro atoms. The number of aromatic nitrogens is 1. The van der Waals surface area contributed by atoms with Crippen molar-refractivity contribution in [3.05, 3.63) is 58.5 Å². The maximum absolute atomic E-state index is 13.4. The van der Waals surface area contributed by atoms with Crippen LogP contribution in [0.2, 0.25) is 10.0 Å². The number of nitrogens with one attached hydrogen (secondary N) is 1. The predicted octanol–water partition coefficient (Wildman–Crippen LogP) is 5.01. The van der Waals surface area contributed by atoms with Gasteiger partial charge in [-0.05, 0) is 24.3 Å². The summed E-state index contributed by atoms with van der Waals surface area (Å²) >= 11 is 11.6. The molecule has 0 unspecified atom stereocenters. The topological polar surface area (TPSA) is 50.9 Å². The van der Waals surface area contributed by atoms with Crippen LogP contribution in [0.3, 0.4) is 0 Å². The van der Waals surface area contributed by atoms with Crippen molar-refractivity contribution >= 4 is 51.2 Å². The summed E-state index contributed by atoms with van der Waals surface area (Å²) in [5.74, 6) is -0.632. The minimum atomic E-state index is -0.632. The third-order valence-electron chi connectivity index (χ3n) is 3.07. The fourth-order valence-corrected chi connectivity index (χ4v) is 2.58. The van der Waals surface area contributed by atoms with Gasteiger partial charge in [0.1, 0.15) is 0 Å². The zero-order valence-electron chi connectivity index (χ0n) is 10.7. The van der Waals surface area contributed by atoms with Gasteiger partial charge >= 0.3 is 0 Å². The summed E-state index contributed by atoms with van der Waals surface area (Å²) in [6, 6.07) is 10.3. The van der Waals surface area contributed by atoms with Gasteiger partial charge in [-0.2, -0.15) is 0 Å². The Hall–Kier alpha value is -2.04. The lowest BCUT2D eigenvalue weighted by atomic mass is 10.1. The maximum Gasteiger partial charge on any atom is 0.160 e. The Balaban J connectivity index is 2.08. The number of para-hydroxylation sites is 1. The van der Waals surface area contributed by atoms with Crippen molar-refractivity contribution in [3.8, 4) is 0 Å². The number of pyridine rings is 1. The fourth-order valence-electron chi connectivity index (χ4n) is 2.09. The first-order valence-electron chi connectivity index (χ1n) is 6.11. The molecule has 0 bridgehead atoms. The first-order valence-corrected chi connectivity index (χ1v) is 6.86. The van der Waals surface area contributed by atoms with Gasteiger partial charge in [-0.3, -0.25) is 4.98 Å². The van der Waals surface area contributed by atoms with Crippen LogP contribution >= 0.6 is 23.2 Å². The van der Waals surface area contributed by atoms with E-state index < -0.39 is 5.82 Å². The third-order valence-corrected chi connectivity index (χ3v) is 3.62. The van der Waals surface area contributed by atoms with Gasteiger partial charge in [-0.25, -0.2) is 4.39 Å². The molecule has 3 N–H and O–H groups in total. The molecule has 1 heterocycles. The van der Waals surface area contributed by atoms with Crippen LogP contribution in [0, 0.1) is 5.82 Å². The van der Waals surface area contributed by atoms with Crippen LogP contribution < -0.4 is 11.1 Å². The molecule has 2 aromatic carbocycles. The summed E-state index contributed by atoms with van der Waals surface area (Å²) in [5.41, 5.74) is 8.56. The molecule has 0 saturated carbocycles. The van der Waals surface area contributed by atoms with Crippen LogP contribution in [0.15, 0.2) is 42.6 Å². The number of fused-ring (bicyclic) bond motifs is 1. The van der Waals surface area contributed by atoms with E-state index >= 15 is 0 Å². The predicted molar refractivity (Wildman–Crippen MR) is 85.9 cm³/mol. The number of nitrogen functional groups attached to an aromatic ring is 1. The Morgan fingerprint density at radius 2 is 1.81 bits per heavy atom. The van der Waals surface area contributed by atoms with E-state index in [9.17, 15) is 4.39 Å². The van der Waals surface area contributed by atoms with Gasteiger partial charge in [0.05, 0.1) is 21.2 Å². The second-order valence-electron chi connectivity index (χ2n) is 4.48. The van der Waals surface area contributed by atoms with Gasteiger partial charge in [0, 0.05) is 23.0 Å². The van der Waals surface area contributed by atoms with Gasteiger partial charge in [0.2, 0.25) is 0 Å². The molecular weight excluding hydrogens is 312 g/mol. The Bertz CT molecular complexity index is 813. The monoisotopic (exact) mass is 321 g/mol. The highest BCUT2D eigenvalue weighted by atomic mass is 35.5. The number of hydrogen-bond acceptors (Lipinski definition) is 3. The molecule has 0 radical (unpaired) electrons. The van der Waals surface area contributed by atoms with Crippen molar-refractivity contribution < 1.29 is 4.39 Å². The maximum atomic E-state index is 13.4. The van der Waals surface area contributed by atoms with Gasteiger partial charge in [-0.1, -0.05) is 35.3 Å². The number of nitrogens with two attached hydrogens (primary N) is 1. The summed E-state index contributed by atoms with van der Waals surface area (Å²) < 4.78 is 13.4. The second kappa shape index (κ2) is 5.39. The molecule has 0 atom stereocenters. The lowest BCUT2D eigenvalue weighted by Gasteiger charge is -2.11. The first kappa shape index (κ1) is 13.9. The van der Waals surface area contributed by atoms with E-state index in [1.165, 1.54) is 12.1 Å². The fraction of sp³-hybridized carbons (Fsp3) is 0. The third kappa shape index (κ3) is 2.60. The first-order chi connectivity index (χ1) is 10.1. The van der Waals surface area contributed by atoms with Gasteiger partial charge in [0.25, 0.3) is 0 Å². The number of hydrogen-bond donors (Lipinski definition) is 2. The van der Waals surface area contributed by atoms with Crippen molar-refractivity contribution in [2.45, 2.75) is 0 Å². The Morgan fingerprint density at radius 3 is 2.52 bits per heavy atom. The van der Waals surface area contributed by atoms with E-state index in [0.717, 1.165) is 11.1 Å². The standard InChI is InChI=1S/C15H10Cl2FN3/c16-10-6-8(7-11(17)14(10)18)21-13-4-5-20-15-9(13)2-1-3-12(15)19/h1-7H,19H2,(H,20,21). The zero-order chi connectivity index (χ0) is 15.0. The average Bonchev–Trinajstić information content (AvgIpc) is 2.46. The highest BCUT2D eigenvalue weighted by Crippen LogP contribution is 2.32. The molecule has 0 amide bonds. The van der Waals surface area contributed by atoms with E-state index in [1.807, 2.05) is 12.1 Å². The second-order valence-corrected chi connectivity index (χ2v) is 5.30. The van der Waals surface area contributed by atoms with Crippen molar-refractivity contribution in [2.75, 3.05) is 11.1 Å². The lowest BCUT2D eigenvalue weighted by molar-refractivity contribution is 0.629. The summed E-state index contributed by atoms with van der Waals surface area (Å²) in [4.78, 5) is 4.26. The van der Waals surface area contributed by atoms with Gasteiger partial charge < -0.3 is 11.1 Å². The largest absolute Gasteiger partial charge is 0.397 e. The number of rotatable bonds is 2. The Morgan fingerprint density at radius 1 is 1.10 bits per heavy atom. The molecule has 3 nitrogen and oxygen atoms in total. The molecule has 21 heavy (non-hydrogen) atoms. The van der Waals surface area contributed by atoms with Gasteiger partial charge in [-0.15, -0.1) is 0 Å². The van der Waals surface area contributed by atoms with Gasteiger partial charge in [0.15, 0.2) is 5.82 Å². The zero-order valence-corrected chi connectivity index (χ0v) is 12.2. The molecule has 6 heteroatoms. The molecule has 1 aromatic heterocycles. The van der Waals surface area contributed by atoms with E-state index in [1.54, 1.807) is 18.3 Å². The summed E-state index contributed by atoms with van der Waals surface area (Å²) in [6.07, 6.45) is 1.65. The average molecular weight is 322 g/mol. The van der Waals surface area contributed by atoms with Crippen LogP contribution in [0.25, 0.3) is 10.9 Å². The highest BCUT2D eigenvalue weighted by molar-refractivity contribution is 6.35. The minimum absolute atomic E-state index is 0.0390. The molecule has 3 aromatic rings. The molecular formula is C15H10Cl2FN3. The van der Waals surface area contributed by atoms with Crippen molar-refractivity contribution in [1.29, 1.82) is 0 Å². The van der Waals surface area contributed by atoms with Crippen molar-refractivity contribution in [2.24, 2.45) is 0 Å². The normalized spacial score (nSPS) is 10.8. The number of halogens is 3. The van der Waals surface area contributed by atoms with E-state index in [0.29, 0.717) is 16.9 Å². The Kier molecular flexibility index (Phi) is 3.57. The molecule has 3 rings (SSSR count). The van der Waals surface area contributed by atoms with Crippen LogP contribution in [0.5, 0.6) is 0 Å². The molecule has 0 aliphatic rings. The number of benzene rings is 2. The smallest absolute Gasteiger partial charge is 0.160 e. The quantitative estimate of drug-likeness (QED) is 0.515. The molecule has 0 saturated heterocycles. The van der Waals surface area contributed by atoms with E-state index in [-0.39, 0.29) is 10.0 Å². The summed E-state index contributed by atoms with van der Waals surface area (Å²) in [6.45, 7) is 0. The van der Waals surface area contributed by atoms with Crippen LogP contribution in [-0.2, 0) is 0 Å². The Labute approximate surface area is 130 Å². The highest BCUT2D eigenvalue weighted by Gasteiger charge is 2.09. The SMILES string of the molecule is Nc1cccc2c(Nc3cc(Cl)c(F)c(Cl)c3)ccnc12. The molecule has 0 fully saturated rings. The summed E-state index contributed by atoms with van der Waals surface area (Å²) in [5, 5.41) is 3.93. The minimum Gasteiger partial charge on any atom is -0.397 e. The molecule has 0 aliphatic heterocycles. The summed E-state index contributed by atoms with van der Waals surface area (Å²) in [7, 11) is 0. The lowest BCUT2D eigenvalue weighted by Crippen LogP contribution is -1.96. The van der Waals surface area contributed by atoms with E-state index in [2.05, 4.69) is 10.3 Å². The van der Waals surface area contributed by atoms with Crippen LogP contribution in [-0.4, -0.2) is 4.98 Å². The van der Waals surface area contributed by atoms with Crippen molar-refractivity contribution in [3.63, 3.8) is 0 Å². The van der Waals surface area contributed by atoms with Crippen molar-refractivity contribution in [1.82, 2.24) is 4.98 Å². The van der Waals surface area contributed by atoms with Crippen LogP contribution in [0.1, 0.15) is 0 Å². The number of anilines is 3. The van der Waals surface area contributed by atoms with E-state index in [4.69, 9.17) is 28.9 Å². The molecule has 0 aliphatic carbocycles. The molecule has 106 valence electrons.